The molecular formula is C7H4BrCl2NO. The van der Waals surface area contributed by atoms with Crippen molar-refractivity contribution < 1.29 is 4.79 Å². The molecule has 1 aromatic carbocycles. The first-order valence-corrected chi connectivity index (χ1v) is 4.55. The summed E-state index contributed by atoms with van der Waals surface area (Å²) in [5, 5.41) is 3.35. The molecule has 1 amide bonds. The number of benzene rings is 1. The van der Waals surface area contributed by atoms with Gasteiger partial charge < -0.3 is 5.32 Å². The van der Waals surface area contributed by atoms with Gasteiger partial charge in [0.05, 0.1) is 20.2 Å². The van der Waals surface area contributed by atoms with Gasteiger partial charge in [-0.3, -0.25) is 4.79 Å². The minimum absolute atomic E-state index is 0.398. The van der Waals surface area contributed by atoms with Gasteiger partial charge >= 0.3 is 0 Å². The summed E-state index contributed by atoms with van der Waals surface area (Å²) in [4.78, 5) is 10.1. The Hall–Kier alpha value is -0.250. The van der Waals surface area contributed by atoms with Crippen LogP contribution in [0.3, 0.4) is 0 Å². The standard InChI is InChI=1S/C7H4BrCl2NO/c8-6-4(9)1-2-5(7(6)10)11-3-12/h1-3H,(H,11,12). The number of nitrogens with one attached hydrogen (secondary N) is 1. The molecule has 0 saturated carbocycles. The van der Waals surface area contributed by atoms with Gasteiger partial charge in [0.1, 0.15) is 0 Å². The van der Waals surface area contributed by atoms with E-state index in [1.54, 1.807) is 12.1 Å². The highest BCUT2D eigenvalue weighted by molar-refractivity contribution is 9.10. The molecule has 0 aliphatic carbocycles. The number of amides is 1. The Kier molecular flexibility index (Phi) is 3.38. The Morgan fingerprint density at radius 3 is 2.67 bits per heavy atom. The summed E-state index contributed by atoms with van der Waals surface area (Å²) in [6.45, 7) is 0. The van der Waals surface area contributed by atoms with Crippen molar-refractivity contribution in [3.63, 3.8) is 0 Å². The van der Waals surface area contributed by atoms with Crippen molar-refractivity contribution in [2.75, 3.05) is 5.32 Å². The molecular weight excluding hydrogens is 265 g/mol. The van der Waals surface area contributed by atoms with Crippen LogP contribution < -0.4 is 5.32 Å². The highest BCUT2D eigenvalue weighted by atomic mass is 79.9. The topological polar surface area (TPSA) is 29.1 Å². The molecule has 5 heteroatoms. The summed E-state index contributed by atoms with van der Waals surface area (Å²) in [6, 6.07) is 3.27. The molecule has 0 radical (unpaired) electrons. The van der Waals surface area contributed by atoms with Crippen LogP contribution in [0.4, 0.5) is 5.69 Å². The quantitative estimate of drug-likeness (QED) is 0.647. The minimum Gasteiger partial charge on any atom is -0.327 e. The second-order valence-corrected chi connectivity index (χ2v) is 3.56. The molecule has 2 nitrogen and oxygen atoms in total. The van der Waals surface area contributed by atoms with Crippen molar-refractivity contribution in [1.29, 1.82) is 0 Å². The fourth-order valence-corrected chi connectivity index (χ4v) is 1.47. The average Bonchev–Trinajstić information content (AvgIpc) is 2.07. The maximum absolute atomic E-state index is 10.1. The van der Waals surface area contributed by atoms with E-state index in [0.29, 0.717) is 26.6 Å². The summed E-state index contributed by atoms with van der Waals surface area (Å²) < 4.78 is 0.581. The van der Waals surface area contributed by atoms with Crippen molar-refractivity contribution >= 4 is 51.2 Å². The second-order valence-electron chi connectivity index (χ2n) is 1.99. The van der Waals surface area contributed by atoms with Crippen molar-refractivity contribution in [2.24, 2.45) is 0 Å². The molecule has 0 atom stereocenters. The lowest BCUT2D eigenvalue weighted by molar-refractivity contribution is -0.105. The van der Waals surface area contributed by atoms with Crippen LogP contribution in [-0.2, 0) is 4.79 Å². The van der Waals surface area contributed by atoms with Crippen LogP contribution in [0.15, 0.2) is 16.6 Å². The zero-order chi connectivity index (χ0) is 9.14. The van der Waals surface area contributed by atoms with Gasteiger partial charge in [-0.25, -0.2) is 0 Å². The summed E-state index contributed by atoms with van der Waals surface area (Å²) in [7, 11) is 0. The average molecular weight is 269 g/mol. The Morgan fingerprint density at radius 2 is 2.08 bits per heavy atom. The van der Waals surface area contributed by atoms with Gasteiger partial charge in [-0.1, -0.05) is 23.2 Å². The SMILES string of the molecule is O=CNc1ccc(Cl)c(Br)c1Cl. The van der Waals surface area contributed by atoms with Gasteiger partial charge in [0.25, 0.3) is 0 Å². The van der Waals surface area contributed by atoms with Crippen LogP contribution in [0.25, 0.3) is 0 Å². The predicted molar refractivity (Wildman–Crippen MR) is 53.8 cm³/mol. The number of carbonyl (C=O) groups is 1. The highest BCUT2D eigenvalue weighted by Gasteiger charge is 2.06. The summed E-state index contributed by atoms with van der Waals surface area (Å²) in [6.07, 6.45) is 0.557. The Bertz CT molecular complexity index is 317. The predicted octanol–water partition coefficient (Wildman–Crippen LogP) is 3.32. The molecule has 1 rings (SSSR count). The van der Waals surface area contributed by atoms with Crippen LogP contribution in [0, 0.1) is 0 Å². The summed E-state index contributed by atoms with van der Waals surface area (Å²) in [5.41, 5.74) is 0.531. The lowest BCUT2D eigenvalue weighted by Gasteiger charge is -2.04. The van der Waals surface area contributed by atoms with Crippen molar-refractivity contribution in [1.82, 2.24) is 0 Å². The Morgan fingerprint density at radius 1 is 1.42 bits per heavy atom. The van der Waals surface area contributed by atoms with Crippen LogP contribution in [0.1, 0.15) is 0 Å². The molecule has 0 heterocycles. The van der Waals surface area contributed by atoms with E-state index in [4.69, 9.17) is 23.2 Å². The van der Waals surface area contributed by atoms with E-state index in [2.05, 4.69) is 21.2 Å². The van der Waals surface area contributed by atoms with Crippen molar-refractivity contribution in [3.05, 3.63) is 26.7 Å². The largest absolute Gasteiger partial charge is 0.327 e. The molecule has 0 aromatic heterocycles. The molecule has 0 aliphatic rings. The van der Waals surface area contributed by atoms with E-state index in [9.17, 15) is 4.79 Å². The number of carbonyl (C=O) groups excluding carboxylic acids is 1. The number of rotatable bonds is 2. The number of anilines is 1. The number of hydrogen-bond acceptors (Lipinski definition) is 1. The van der Waals surface area contributed by atoms with Crippen LogP contribution in [0.5, 0.6) is 0 Å². The monoisotopic (exact) mass is 267 g/mol. The third-order valence-corrected chi connectivity index (χ3v) is 3.24. The van der Waals surface area contributed by atoms with E-state index in [1.165, 1.54) is 0 Å². The van der Waals surface area contributed by atoms with Gasteiger partial charge in [-0.2, -0.15) is 0 Å². The Balaban J connectivity index is 3.16. The first-order chi connectivity index (χ1) is 5.66. The van der Waals surface area contributed by atoms with Crippen LogP contribution in [-0.4, -0.2) is 6.41 Å². The van der Waals surface area contributed by atoms with Gasteiger partial charge in [0.15, 0.2) is 0 Å². The smallest absolute Gasteiger partial charge is 0.211 e. The summed E-state index contributed by atoms with van der Waals surface area (Å²) in [5.74, 6) is 0. The van der Waals surface area contributed by atoms with E-state index in [0.717, 1.165) is 0 Å². The van der Waals surface area contributed by atoms with E-state index in [-0.39, 0.29) is 0 Å². The maximum atomic E-state index is 10.1. The molecule has 0 bridgehead atoms. The molecule has 0 spiro atoms. The third-order valence-electron chi connectivity index (χ3n) is 1.25. The zero-order valence-electron chi connectivity index (χ0n) is 5.77. The molecule has 0 fully saturated rings. The van der Waals surface area contributed by atoms with Gasteiger partial charge in [0, 0.05) is 0 Å². The van der Waals surface area contributed by atoms with Gasteiger partial charge in [-0.15, -0.1) is 0 Å². The zero-order valence-corrected chi connectivity index (χ0v) is 8.87. The van der Waals surface area contributed by atoms with Crippen molar-refractivity contribution in [2.45, 2.75) is 0 Å². The van der Waals surface area contributed by atoms with Gasteiger partial charge in [-0.05, 0) is 28.1 Å². The number of hydrogen-bond donors (Lipinski definition) is 1. The van der Waals surface area contributed by atoms with E-state index >= 15 is 0 Å². The molecule has 0 saturated heterocycles. The first-order valence-electron chi connectivity index (χ1n) is 3.00. The van der Waals surface area contributed by atoms with Crippen LogP contribution >= 0.6 is 39.1 Å². The second kappa shape index (κ2) is 4.12. The van der Waals surface area contributed by atoms with E-state index < -0.39 is 0 Å². The molecule has 0 aliphatic heterocycles. The molecule has 1 aromatic rings. The third kappa shape index (κ3) is 1.91. The molecule has 12 heavy (non-hydrogen) atoms. The lowest BCUT2D eigenvalue weighted by atomic mass is 10.3. The van der Waals surface area contributed by atoms with Crippen molar-refractivity contribution in [3.8, 4) is 0 Å². The first kappa shape index (κ1) is 9.84. The summed E-state index contributed by atoms with van der Waals surface area (Å²) >= 11 is 14.7. The molecule has 64 valence electrons. The fraction of sp³-hybridized carbons (Fsp3) is 0. The molecule has 0 unspecified atom stereocenters. The van der Waals surface area contributed by atoms with Gasteiger partial charge in [0.2, 0.25) is 6.41 Å². The molecule has 1 N–H and O–H groups in total. The highest BCUT2D eigenvalue weighted by Crippen LogP contribution is 2.35. The fourth-order valence-electron chi connectivity index (χ4n) is 0.701. The Labute approximate surface area is 88.0 Å². The maximum Gasteiger partial charge on any atom is 0.211 e. The number of halogens is 3. The van der Waals surface area contributed by atoms with Crippen LogP contribution in [0.2, 0.25) is 10.0 Å². The normalized spacial score (nSPS) is 9.58. The van der Waals surface area contributed by atoms with E-state index in [1.807, 2.05) is 0 Å². The minimum atomic E-state index is 0.398. The lowest BCUT2D eigenvalue weighted by Crippen LogP contribution is -1.94.